The maximum Gasteiger partial charge on any atom is 0.227 e. The summed E-state index contributed by atoms with van der Waals surface area (Å²) in [6.45, 7) is 9.72. The molecule has 126 valence electrons. The highest BCUT2D eigenvalue weighted by Crippen LogP contribution is 2.43. The first-order valence-electron chi connectivity index (χ1n) is 9.35. The van der Waals surface area contributed by atoms with E-state index in [4.69, 9.17) is 0 Å². The van der Waals surface area contributed by atoms with E-state index in [2.05, 4.69) is 29.4 Å². The van der Waals surface area contributed by atoms with Crippen molar-refractivity contribution in [1.82, 2.24) is 15.5 Å². The van der Waals surface area contributed by atoms with Gasteiger partial charge in [-0.05, 0) is 64.1 Å². The SMILES string of the molecule is CC1CCN(C(C)CNC(=O)[C@@]23CCCC[C@H]2CNC3)CC1. The van der Waals surface area contributed by atoms with Crippen molar-refractivity contribution in [2.75, 3.05) is 32.7 Å². The van der Waals surface area contributed by atoms with Crippen LogP contribution >= 0.6 is 0 Å². The Kier molecular flexibility index (Phi) is 5.08. The van der Waals surface area contributed by atoms with Crippen LogP contribution in [-0.2, 0) is 4.79 Å². The summed E-state index contributed by atoms with van der Waals surface area (Å²) in [5, 5.41) is 6.77. The van der Waals surface area contributed by atoms with Gasteiger partial charge in [0, 0.05) is 19.1 Å². The lowest BCUT2D eigenvalue weighted by molar-refractivity contribution is -0.134. The van der Waals surface area contributed by atoms with Crippen molar-refractivity contribution in [2.45, 2.75) is 58.4 Å². The fourth-order valence-electron chi connectivity index (χ4n) is 4.71. The monoisotopic (exact) mass is 307 g/mol. The first kappa shape index (κ1) is 16.3. The molecule has 0 aromatic rings. The van der Waals surface area contributed by atoms with Gasteiger partial charge in [-0.25, -0.2) is 0 Å². The van der Waals surface area contributed by atoms with Gasteiger partial charge in [0.2, 0.25) is 5.91 Å². The number of piperidine rings is 1. The van der Waals surface area contributed by atoms with Gasteiger partial charge in [-0.15, -0.1) is 0 Å². The average Bonchev–Trinajstić information content (AvgIpc) is 2.98. The predicted molar refractivity (Wildman–Crippen MR) is 89.7 cm³/mol. The Morgan fingerprint density at radius 3 is 2.86 bits per heavy atom. The molecule has 1 aliphatic carbocycles. The lowest BCUT2D eigenvalue weighted by atomic mass is 9.67. The van der Waals surface area contributed by atoms with Crippen LogP contribution in [0.5, 0.6) is 0 Å². The summed E-state index contributed by atoms with van der Waals surface area (Å²) >= 11 is 0. The lowest BCUT2D eigenvalue weighted by Crippen LogP contribution is -2.51. The van der Waals surface area contributed by atoms with E-state index in [1.807, 2.05) is 0 Å². The van der Waals surface area contributed by atoms with Crippen molar-refractivity contribution in [3.05, 3.63) is 0 Å². The summed E-state index contributed by atoms with van der Waals surface area (Å²) in [6.07, 6.45) is 7.41. The van der Waals surface area contributed by atoms with Gasteiger partial charge in [-0.1, -0.05) is 19.8 Å². The van der Waals surface area contributed by atoms with Crippen molar-refractivity contribution in [2.24, 2.45) is 17.3 Å². The molecule has 22 heavy (non-hydrogen) atoms. The third-order valence-electron chi connectivity index (χ3n) is 6.49. The van der Waals surface area contributed by atoms with Crippen molar-refractivity contribution < 1.29 is 4.79 Å². The second kappa shape index (κ2) is 6.88. The van der Waals surface area contributed by atoms with Gasteiger partial charge in [0.25, 0.3) is 0 Å². The predicted octanol–water partition coefficient (Wildman–Crippen LogP) is 2.00. The molecule has 2 N–H and O–H groups in total. The third kappa shape index (κ3) is 3.18. The minimum Gasteiger partial charge on any atom is -0.354 e. The highest BCUT2D eigenvalue weighted by molar-refractivity contribution is 5.83. The summed E-state index contributed by atoms with van der Waals surface area (Å²) in [7, 11) is 0. The standard InChI is InChI=1S/C18H33N3O/c1-14-6-9-21(10-7-14)15(2)11-20-17(22)18-8-4-3-5-16(18)12-19-13-18/h14-16,19H,3-13H2,1-2H3,(H,20,22)/t15?,16-,18+/m0/s1. The number of hydrogen-bond acceptors (Lipinski definition) is 3. The number of rotatable bonds is 4. The quantitative estimate of drug-likeness (QED) is 0.835. The van der Waals surface area contributed by atoms with Crippen LogP contribution in [0, 0.1) is 17.3 Å². The van der Waals surface area contributed by atoms with Crippen LogP contribution in [0.15, 0.2) is 0 Å². The summed E-state index contributed by atoms with van der Waals surface area (Å²) in [5.41, 5.74) is -0.103. The van der Waals surface area contributed by atoms with Gasteiger partial charge < -0.3 is 10.6 Å². The molecule has 3 fully saturated rings. The second-order valence-electron chi connectivity index (χ2n) is 8.01. The van der Waals surface area contributed by atoms with Crippen LogP contribution in [-0.4, -0.2) is 49.6 Å². The number of hydrogen-bond donors (Lipinski definition) is 2. The van der Waals surface area contributed by atoms with Gasteiger partial charge in [-0.2, -0.15) is 0 Å². The molecule has 0 aromatic heterocycles. The van der Waals surface area contributed by atoms with E-state index in [9.17, 15) is 4.79 Å². The minimum absolute atomic E-state index is 0.103. The molecule has 2 saturated heterocycles. The average molecular weight is 307 g/mol. The Morgan fingerprint density at radius 1 is 1.32 bits per heavy atom. The van der Waals surface area contributed by atoms with Gasteiger partial charge in [0.15, 0.2) is 0 Å². The molecular formula is C18H33N3O. The topological polar surface area (TPSA) is 44.4 Å². The van der Waals surface area contributed by atoms with Crippen molar-refractivity contribution in [1.29, 1.82) is 0 Å². The van der Waals surface area contributed by atoms with E-state index in [0.717, 1.165) is 32.0 Å². The van der Waals surface area contributed by atoms with E-state index < -0.39 is 0 Å². The zero-order chi connectivity index (χ0) is 15.6. The Hall–Kier alpha value is -0.610. The molecule has 1 saturated carbocycles. The summed E-state index contributed by atoms with van der Waals surface area (Å²) in [4.78, 5) is 15.4. The number of fused-ring (bicyclic) bond motifs is 1. The molecule has 4 heteroatoms. The Labute approximate surface area is 135 Å². The van der Waals surface area contributed by atoms with E-state index >= 15 is 0 Å². The molecule has 2 heterocycles. The second-order valence-corrected chi connectivity index (χ2v) is 8.01. The fraction of sp³-hybridized carbons (Fsp3) is 0.944. The van der Waals surface area contributed by atoms with Crippen LogP contribution in [0.4, 0.5) is 0 Å². The van der Waals surface area contributed by atoms with Crippen LogP contribution in [0.25, 0.3) is 0 Å². The zero-order valence-electron chi connectivity index (χ0n) is 14.4. The normalized spacial score (nSPS) is 35.1. The number of likely N-dealkylation sites (tertiary alicyclic amines) is 1. The molecule has 4 nitrogen and oxygen atoms in total. The maximum absolute atomic E-state index is 12.9. The number of amides is 1. The first-order valence-corrected chi connectivity index (χ1v) is 9.35. The van der Waals surface area contributed by atoms with Crippen molar-refractivity contribution in [3.8, 4) is 0 Å². The molecule has 1 amide bonds. The molecule has 3 atom stereocenters. The summed E-state index contributed by atoms with van der Waals surface area (Å²) in [6, 6.07) is 0.462. The Balaban J connectivity index is 1.51. The number of carbonyl (C=O) groups is 1. The summed E-state index contributed by atoms with van der Waals surface area (Å²) < 4.78 is 0. The first-order chi connectivity index (χ1) is 10.6. The third-order valence-corrected chi connectivity index (χ3v) is 6.49. The van der Waals surface area contributed by atoms with Gasteiger partial charge in [0.05, 0.1) is 5.41 Å². The molecule has 0 radical (unpaired) electrons. The fourth-order valence-corrected chi connectivity index (χ4v) is 4.71. The van der Waals surface area contributed by atoms with Gasteiger partial charge in [0.1, 0.15) is 0 Å². The molecule has 0 bridgehead atoms. The minimum atomic E-state index is -0.103. The van der Waals surface area contributed by atoms with E-state index in [1.54, 1.807) is 0 Å². The number of carbonyl (C=O) groups excluding carboxylic acids is 1. The number of nitrogens with zero attached hydrogens (tertiary/aromatic N) is 1. The molecular weight excluding hydrogens is 274 g/mol. The highest BCUT2D eigenvalue weighted by atomic mass is 16.2. The zero-order valence-corrected chi connectivity index (χ0v) is 14.4. The molecule has 3 aliphatic rings. The molecule has 2 aliphatic heterocycles. The van der Waals surface area contributed by atoms with Gasteiger partial charge in [-0.3, -0.25) is 9.69 Å². The summed E-state index contributed by atoms with van der Waals surface area (Å²) in [5.74, 6) is 1.75. The molecule has 0 spiro atoms. The van der Waals surface area contributed by atoms with Gasteiger partial charge >= 0.3 is 0 Å². The molecule has 3 rings (SSSR count). The Morgan fingerprint density at radius 2 is 2.09 bits per heavy atom. The van der Waals surface area contributed by atoms with E-state index in [-0.39, 0.29) is 5.41 Å². The van der Waals surface area contributed by atoms with E-state index in [1.165, 1.54) is 45.2 Å². The van der Waals surface area contributed by atoms with Crippen LogP contribution < -0.4 is 10.6 Å². The van der Waals surface area contributed by atoms with Crippen LogP contribution in [0.2, 0.25) is 0 Å². The Bertz CT molecular complexity index is 392. The van der Waals surface area contributed by atoms with Crippen LogP contribution in [0.3, 0.4) is 0 Å². The van der Waals surface area contributed by atoms with Crippen molar-refractivity contribution in [3.63, 3.8) is 0 Å². The van der Waals surface area contributed by atoms with Crippen LogP contribution in [0.1, 0.15) is 52.4 Å². The lowest BCUT2D eigenvalue weighted by Gasteiger charge is -2.39. The molecule has 0 aromatic carbocycles. The number of nitrogens with one attached hydrogen (secondary N) is 2. The van der Waals surface area contributed by atoms with Crippen molar-refractivity contribution >= 4 is 5.91 Å². The largest absolute Gasteiger partial charge is 0.354 e. The maximum atomic E-state index is 12.9. The highest BCUT2D eigenvalue weighted by Gasteiger charge is 2.49. The van der Waals surface area contributed by atoms with E-state index in [0.29, 0.717) is 17.9 Å². The smallest absolute Gasteiger partial charge is 0.227 e. The molecule has 1 unspecified atom stereocenters.